The number of carbonyl (C=O) groups excluding carboxylic acids is 2. The summed E-state index contributed by atoms with van der Waals surface area (Å²) >= 11 is 0. The van der Waals surface area contributed by atoms with Crippen LogP contribution in [0.15, 0.2) is 200 Å². The van der Waals surface area contributed by atoms with Crippen LogP contribution in [0.1, 0.15) is 72.3 Å². The zero-order valence-electron chi connectivity index (χ0n) is 39.2. The molecule has 9 aromatic rings. The van der Waals surface area contributed by atoms with E-state index in [0.717, 1.165) is 94.6 Å². The molecule has 2 aliphatic carbocycles. The van der Waals surface area contributed by atoms with E-state index in [4.69, 9.17) is 18.9 Å². The van der Waals surface area contributed by atoms with Gasteiger partial charge >= 0.3 is 12.3 Å². The second kappa shape index (κ2) is 17.4. The molecule has 1 N–H and O–H groups in total. The summed E-state index contributed by atoms with van der Waals surface area (Å²) in [6, 6.07) is 66.8. The Balaban J connectivity index is 0.877. The zero-order valence-corrected chi connectivity index (χ0v) is 39.2. The van der Waals surface area contributed by atoms with Gasteiger partial charge in [-0.25, -0.2) is 9.59 Å². The number of carbonyl (C=O) groups is 2. The Labute approximate surface area is 407 Å². The lowest BCUT2D eigenvalue weighted by molar-refractivity contribution is 0.0923. The van der Waals surface area contributed by atoms with Gasteiger partial charge in [0, 0.05) is 0 Å². The maximum Gasteiger partial charge on any atom is 0.519 e. The number of hydrogen-bond donors (Lipinski definition) is 1. The molecule has 0 aliphatic heterocycles. The van der Waals surface area contributed by atoms with Crippen molar-refractivity contribution in [3.05, 3.63) is 273 Å². The predicted octanol–water partition coefficient (Wildman–Crippen LogP) is 14.6. The molecule has 342 valence electrons. The van der Waals surface area contributed by atoms with Crippen LogP contribution in [0.4, 0.5) is 9.59 Å². The molecule has 7 nitrogen and oxygen atoms in total. The minimum Gasteiger partial charge on any atom is -0.508 e. The fraction of sp³-hybridized carbons (Fsp3) is 0.111. The van der Waals surface area contributed by atoms with Gasteiger partial charge in [0.15, 0.2) is 0 Å². The van der Waals surface area contributed by atoms with E-state index < -0.39 is 23.1 Å². The molecule has 2 aliphatic rings. The number of phenols is 1. The van der Waals surface area contributed by atoms with Crippen molar-refractivity contribution in [1.82, 2.24) is 0 Å². The van der Waals surface area contributed by atoms with Crippen LogP contribution in [-0.4, -0.2) is 17.4 Å². The summed E-state index contributed by atoms with van der Waals surface area (Å²) in [6.07, 6.45) is -1.62. The summed E-state index contributed by atoms with van der Waals surface area (Å²) in [7, 11) is 0. The normalized spacial score (nSPS) is 13.3. The number of aryl methyl sites for hydroxylation is 4. The van der Waals surface area contributed by atoms with Crippen LogP contribution in [0.5, 0.6) is 23.0 Å². The largest absolute Gasteiger partial charge is 0.519 e. The number of hydrogen-bond acceptors (Lipinski definition) is 7. The lowest BCUT2D eigenvalue weighted by atomic mass is 9.67. The van der Waals surface area contributed by atoms with Gasteiger partial charge in [-0.2, -0.15) is 0 Å². The highest BCUT2D eigenvalue weighted by atomic mass is 16.7. The van der Waals surface area contributed by atoms with Crippen LogP contribution < -0.4 is 14.2 Å². The van der Waals surface area contributed by atoms with Crippen LogP contribution >= 0.6 is 0 Å². The first-order chi connectivity index (χ1) is 34.1. The molecule has 0 fully saturated rings. The Morgan fingerprint density at radius 1 is 0.400 bits per heavy atom. The minimum atomic E-state index is -0.814. The molecule has 11 rings (SSSR count). The van der Waals surface area contributed by atoms with E-state index in [2.05, 4.69) is 127 Å². The van der Waals surface area contributed by atoms with Gasteiger partial charge in [0.2, 0.25) is 0 Å². The number of phenolic OH excluding ortho intramolecular Hbond substituents is 1. The number of para-hydroxylation sites is 1. The summed E-state index contributed by atoms with van der Waals surface area (Å²) in [5.41, 5.74) is 15.9. The molecule has 0 saturated heterocycles. The molecule has 0 bridgehead atoms. The van der Waals surface area contributed by atoms with Gasteiger partial charge in [-0.15, -0.1) is 0 Å². The predicted molar refractivity (Wildman–Crippen MR) is 272 cm³/mol. The van der Waals surface area contributed by atoms with Crippen molar-refractivity contribution >= 4 is 12.3 Å². The van der Waals surface area contributed by atoms with Crippen molar-refractivity contribution in [3.8, 4) is 45.3 Å². The summed E-state index contributed by atoms with van der Waals surface area (Å²) in [6.45, 7) is 7.82. The number of aromatic hydroxyl groups is 1. The minimum absolute atomic E-state index is 0.00333. The molecular weight excluding hydrogens is 869 g/mol. The van der Waals surface area contributed by atoms with Gasteiger partial charge in [-0.3, -0.25) is 0 Å². The smallest absolute Gasteiger partial charge is 0.508 e. The average molecular weight is 917 g/mol. The quantitative estimate of drug-likeness (QED) is 0.114. The van der Waals surface area contributed by atoms with Crippen LogP contribution in [0, 0.1) is 27.7 Å². The molecule has 0 atom stereocenters. The van der Waals surface area contributed by atoms with Gasteiger partial charge in [0.1, 0.15) is 29.6 Å². The number of ether oxygens (including phenoxy) is 4. The van der Waals surface area contributed by atoms with Gasteiger partial charge < -0.3 is 24.1 Å². The third-order valence-corrected chi connectivity index (χ3v) is 14.2. The van der Waals surface area contributed by atoms with E-state index >= 15 is 0 Å². The van der Waals surface area contributed by atoms with Crippen LogP contribution in [0.3, 0.4) is 0 Å². The molecule has 0 unspecified atom stereocenters. The molecule has 0 heterocycles. The lowest BCUT2D eigenvalue weighted by Crippen LogP contribution is -2.29. The van der Waals surface area contributed by atoms with Crippen molar-refractivity contribution < 1.29 is 33.6 Å². The zero-order chi connectivity index (χ0) is 48.1. The van der Waals surface area contributed by atoms with Gasteiger partial charge in [-0.05, 0) is 153 Å². The Morgan fingerprint density at radius 2 is 0.786 bits per heavy atom. The first kappa shape index (κ1) is 43.9. The van der Waals surface area contributed by atoms with Crippen LogP contribution in [0.2, 0.25) is 0 Å². The summed E-state index contributed by atoms with van der Waals surface area (Å²) in [4.78, 5) is 26.4. The van der Waals surface area contributed by atoms with Gasteiger partial charge in [0.25, 0.3) is 0 Å². The second-order valence-electron chi connectivity index (χ2n) is 18.2. The summed E-state index contributed by atoms with van der Waals surface area (Å²) in [5, 5.41) is 10.6. The van der Waals surface area contributed by atoms with Crippen molar-refractivity contribution in [3.63, 3.8) is 0 Å². The summed E-state index contributed by atoms with van der Waals surface area (Å²) < 4.78 is 23.0. The van der Waals surface area contributed by atoms with Crippen LogP contribution in [0.25, 0.3) is 22.3 Å². The van der Waals surface area contributed by atoms with Crippen molar-refractivity contribution in [2.75, 3.05) is 0 Å². The summed E-state index contributed by atoms with van der Waals surface area (Å²) in [5.74, 6) is 1.44. The van der Waals surface area contributed by atoms with Crippen molar-refractivity contribution in [1.29, 1.82) is 0 Å². The highest BCUT2D eigenvalue weighted by molar-refractivity contribution is 5.88. The molecule has 9 aromatic carbocycles. The fourth-order valence-corrected chi connectivity index (χ4v) is 11.0. The van der Waals surface area contributed by atoms with E-state index in [1.807, 2.05) is 70.2 Å². The number of benzene rings is 9. The molecule has 70 heavy (non-hydrogen) atoms. The van der Waals surface area contributed by atoms with Gasteiger partial charge in [-0.1, -0.05) is 170 Å². The highest BCUT2D eigenvalue weighted by Crippen LogP contribution is 2.58. The third-order valence-electron chi connectivity index (χ3n) is 14.2. The maximum atomic E-state index is 13.6. The molecule has 7 heteroatoms. The molecule has 0 spiro atoms. The molecule has 0 amide bonds. The Bertz CT molecular complexity index is 3440. The first-order valence-electron chi connectivity index (χ1n) is 23.4. The monoisotopic (exact) mass is 916 g/mol. The van der Waals surface area contributed by atoms with E-state index in [0.29, 0.717) is 17.2 Å². The number of rotatable bonds is 9. The second-order valence-corrected chi connectivity index (χ2v) is 18.2. The number of fused-ring (bicyclic) bond motifs is 6. The Kier molecular flexibility index (Phi) is 10.9. The lowest BCUT2D eigenvalue weighted by Gasteiger charge is -2.34. The van der Waals surface area contributed by atoms with E-state index in [1.54, 1.807) is 30.3 Å². The average Bonchev–Trinajstić information content (AvgIpc) is 3.85. The Hall–Kier alpha value is -8.68. The van der Waals surface area contributed by atoms with Crippen molar-refractivity contribution in [2.24, 2.45) is 0 Å². The molecule has 0 saturated carbocycles. The highest BCUT2D eigenvalue weighted by Gasteiger charge is 2.48. The maximum absolute atomic E-state index is 13.6. The van der Waals surface area contributed by atoms with Crippen LogP contribution in [-0.2, 0) is 22.2 Å². The van der Waals surface area contributed by atoms with E-state index in [1.165, 1.54) is 0 Å². The topological polar surface area (TPSA) is 91.3 Å². The van der Waals surface area contributed by atoms with E-state index in [-0.39, 0.29) is 12.4 Å². The van der Waals surface area contributed by atoms with E-state index in [9.17, 15) is 14.7 Å². The first-order valence-corrected chi connectivity index (χ1v) is 23.4. The fourth-order valence-electron chi connectivity index (χ4n) is 11.0. The Morgan fingerprint density at radius 3 is 1.23 bits per heavy atom. The van der Waals surface area contributed by atoms with Crippen molar-refractivity contribution in [2.45, 2.75) is 45.1 Å². The third kappa shape index (κ3) is 7.12. The molecular formula is C63H48O7. The molecule has 0 aromatic heterocycles. The van der Waals surface area contributed by atoms with Gasteiger partial charge in [0.05, 0.1) is 10.8 Å². The SMILES string of the molecule is Cc1cc(C2(c3ccc(OC(=O)OCc4ccc(C5(c6ccc(OC(=O)Oc7ccccc7)c(C)c6)c6ccccc6-c6ccccc65)cc4C)c(C)c3)c3ccccc3-c3ccccc32)ccc1O. The standard InChI is InChI=1S/C63H48O7/c1-39-34-44(62(53-22-12-8-18-49(53)50-19-9-13-23-54(50)62)46-30-33-59(42(4)37-46)70-61(66)68-48-16-6-5-7-17-48)27-26-43(39)38-67-60(65)69-58-32-29-47(36-41(58)3)63(45-28-31-57(64)40(2)35-45)55-24-14-10-20-51(55)52-21-11-15-25-56(52)63/h5-37,64H,38H2,1-4H3. The molecule has 0 radical (unpaired) electrons.